The Hall–Kier alpha value is -0.950. The van der Waals surface area contributed by atoms with Gasteiger partial charge in [-0.15, -0.1) is 0 Å². The molecule has 8 heteroatoms. The number of alkyl halides is 6. The Bertz CT molecular complexity index is 295. The average Bonchev–Trinajstić information content (AvgIpc) is 2.14. The van der Waals surface area contributed by atoms with Gasteiger partial charge in [0.25, 0.3) is 0 Å². The third-order valence-electron chi connectivity index (χ3n) is 3.05. The van der Waals surface area contributed by atoms with Crippen LogP contribution in [0.2, 0.25) is 0 Å². The first kappa shape index (κ1) is 14.1. The van der Waals surface area contributed by atoms with E-state index >= 15 is 0 Å². The van der Waals surface area contributed by atoms with Gasteiger partial charge < -0.3 is 5.11 Å². The van der Waals surface area contributed by atoms with Gasteiger partial charge in [-0.3, -0.25) is 4.79 Å². The van der Waals surface area contributed by atoms with Gasteiger partial charge in [0.15, 0.2) is 0 Å². The lowest BCUT2D eigenvalue weighted by Gasteiger charge is -2.35. The molecule has 0 heterocycles. The van der Waals surface area contributed by atoms with Crippen LogP contribution in [-0.4, -0.2) is 23.4 Å². The fraction of sp³-hybridized carbons (Fsp3) is 0.889. The third kappa shape index (κ3) is 3.26. The summed E-state index contributed by atoms with van der Waals surface area (Å²) < 4.78 is 74.4. The van der Waals surface area contributed by atoms with Crippen molar-refractivity contribution in [1.29, 1.82) is 0 Å². The minimum Gasteiger partial charge on any atom is -0.481 e. The van der Waals surface area contributed by atoms with Gasteiger partial charge in [0, 0.05) is 0 Å². The van der Waals surface area contributed by atoms with E-state index < -0.39 is 55.3 Å². The fourth-order valence-corrected chi connectivity index (χ4v) is 2.13. The Kier molecular flexibility index (Phi) is 3.63. The summed E-state index contributed by atoms with van der Waals surface area (Å²) in [5, 5.41) is 8.58. The number of carbonyl (C=O) groups is 1. The smallest absolute Gasteiger partial charge is 0.392 e. The Morgan fingerprint density at radius 3 is 1.88 bits per heavy atom. The second kappa shape index (κ2) is 4.38. The van der Waals surface area contributed by atoms with Crippen molar-refractivity contribution in [2.75, 3.05) is 0 Å². The van der Waals surface area contributed by atoms with Crippen LogP contribution >= 0.6 is 0 Å². The number of carboxylic acids is 1. The first-order valence-electron chi connectivity index (χ1n) is 4.89. The maximum atomic E-state index is 12.5. The summed E-state index contributed by atoms with van der Waals surface area (Å²) >= 11 is 0. The molecule has 3 unspecified atom stereocenters. The molecule has 100 valence electrons. The summed E-state index contributed by atoms with van der Waals surface area (Å²) in [6.45, 7) is 0. The van der Waals surface area contributed by atoms with Crippen molar-refractivity contribution < 1.29 is 36.2 Å². The lowest BCUT2D eigenvalue weighted by molar-refractivity contribution is -0.236. The minimum atomic E-state index is -4.91. The van der Waals surface area contributed by atoms with Gasteiger partial charge in [0.05, 0.1) is 17.8 Å². The fourth-order valence-electron chi connectivity index (χ4n) is 2.13. The van der Waals surface area contributed by atoms with Crippen LogP contribution in [0.3, 0.4) is 0 Å². The summed E-state index contributed by atoms with van der Waals surface area (Å²) in [6, 6.07) is 0. The van der Waals surface area contributed by atoms with E-state index in [1.54, 1.807) is 0 Å². The summed E-state index contributed by atoms with van der Waals surface area (Å²) in [6.07, 6.45) is -12.0. The Balaban J connectivity index is 2.89. The lowest BCUT2D eigenvalue weighted by atomic mass is 9.73. The number of rotatable bonds is 1. The van der Waals surface area contributed by atoms with Crippen molar-refractivity contribution >= 4 is 5.97 Å². The Morgan fingerprint density at radius 1 is 1.00 bits per heavy atom. The molecule has 2 nitrogen and oxygen atoms in total. The van der Waals surface area contributed by atoms with E-state index in [1.807, 2.05) is 0 Å². The zero-order valence-corrected chi connectivity index (χ0v) is 8.48. The van der Waals surface area contributed by atoms with Gasteiger partial charge in [0.1, 0.15) is 0 Å². The molecule has 1 aliphatic carbocycles. The van der Waals surface area contributed by atoms with E-state index in [1.165, 1.54) is 0 Å². The standard InChI is InChI=1S/C9H10F6O2/c10-8(11,12)4-1-2-5(7(16)17)6(3-4)9(13,14)15/h4-6H,1-3H2,(H,16,17). The van der Waals surface area contributed by atoms with Crippen molar-refractivity contribution in [2.45, 2.75) is 31.6 Å². The van der Waals surface area contributed by atoms with E-state index in [4.69, 9.17) is 5.11 Å². The zero-order valence-electron chi connectivity index (χ0n) is 8.48. The van der Waals surface area contributed by atoms with Gasteiger partial charge in [-0.25, -0.2) is 0 Å². The molecule has 0 aromatic rings. The van der Waals surface area contributed by atoms with Crippen molar-refractivity contribution in [3.05, 3.63) is 0 Å². The van der Waals surface area contributed by atoms with Crippen molar-refractivity contribution in [1.82, 2.24) is 0 Å². The number of aliphatic carboxylic acids is 1. The minimum absolute atomic E-state index is 0.562. The highest BCUT2D eigenvalue weighted by Crippen LogP contribution is 2.48. The molecule has 0 saturated heterocycles. The lowest BCUT2D eigenvalue weighted by Crippen LogP contribution is -2.42. The van der Waals surface area contributed by atoms with Crippen molar-refractivity contribution in [2.24, 2.45) is 17.8 Å². The van der Waals surface area contributed by atoms with Gasteiger partial charge in [-0.05, 0) is 19.3 Å². The molecule has 0 amide bonds. The highest BCUT2D eigenvalue weighted by molar-refractivity contribution is 5.70. The molecule has 0 spiro atoms. The van der Waals surface area contributed by atoms with Crippen LogP contribution in [0.25, 0.3) is 0 Å². The van der Waals surface area contributed by atoms with E-state index in [0.717, 1.165) is 0 Å². The van der Waals surface area contributed by atoms with Crippen molar-refractivity contribution in [3.63, 3.8) is 0 Å². The van der Waals surface area contributed by atoms with Crippen LogP contribution in [0.1, 0.15) is 19.3 Å². The summed E-state index contributed by atoms with van der Waals surface area (Å²) in [4.78, 5) is 10.6. The normalized spacial score (nSPS) is 31.3. The van der Waals surface area contributed by atoms with Crippen LogP contribution in [0.4, 0.5) is 26.3 Å². The van der Waals surface area contributed by atoms with Crippen LogP contribution in [0, 0.1) is 17.8 Å². The maximum Gasteiger partial charge on any atom is 0.392 e. The van der Waals surface area contributed by atoms with Crippen LogP contribution < -0.4 is 0 Å². The first-order valence-corrected chi connectivity index (χ1v) is 4.89. The molecule has 0 bridgehead atoms. The molecule has 1 saturated carbocycles. The molecule has 17 heavy (non-hydrogen) atoms. The van der Waals surface area contributed by atoms with E-state index in [9.17, 15) is 31.1 Å². The molecule has 1 fully saturated rings. The van der Waals surface area contributed by atoms with E-state index in [2.05, 4.69) is 0 Å². The van der Waals surface area contributed by atoms with Gasteiger partial charge >= 0.3 is 18.3 Å². The highest BCUT2D eigenvalue weighted by atomic mass is 19.4. The monoisotopic (exact) mass is 264 g/mol. The molecular weight excluding hydrogens is 254 g/mol. The molecule has 0 aromatic carbocycles. The number of carboxylic acid groups (broad SMARTS) is 1. The number of hydrogen-bond donors (Lipinski definition) is 1. The first-order chi connectivity index (χ1) is 7.53. The molecule has 0 aliphatic heterocycles. The quantitative estimate of drug-likeness (QED) is 0.738. The van der Waals surface area contributed by atoms with Gasteiger partial charge in [0.2, 0.25) is 0 Å². The molecule has 0 aromatic heterocycles. The SMILES string of the molecule is O=C(O)C1CCC(C(F)(F)F)CC1C(F)(F)F. The highest BCUT2D eigenvalue weighted by Gasteiger charge is 2.55. The second-order valence-corrected chi connectivity index (χ2v) is 4.14. The topological polar surface area (TPSA) is 37.3 Å². The number of hydrogen-bond acceptors (Lipinski definition) is 1. The molecule has 1 N–H and O–H groups in total. The van der Waals surface area contributed by atoms with E-state index in [0.29, 0.717) is 0 Å². The van der Waals surface area contributed by atoms with Crippen LogP contribution in [0.15, 0.2) is 0 Å². The van der Waals surface area contributed by atoms with E-state index in [-0.39, 0.29) is 0 Å². The predicted molar refractivity (Wildman–Crippen MR) is 44.1 cm³/mol. The molecule has 1 aliphatic rings. The summed E-state index contributed by atoms with van der Waals surface area (Å²) in [5.74, 6) is -7.94. The maximum absolute atomic E-state index is 12.5. The average molecular weight is 264 g/mol. The molecule has 0 radical (unpaired) electrons. The molecule has 1 rings (SSSR count). The summed E-state index contributed by atoms with van der Waals surface area (Å²) in [7, 11) is 0. The van der Waals surface area contributed by atoms with Crippen LogP contribution in [0.5, 0.6) is 0 Å². The third-order valence-corrected chi connectivity index (χ3v) is 3.05. The largest absolute Gasteiger partial charge is 0.481 e. The summed E-state index contributed by atoms with van der Waals surface area (Å²) in [5.41, 5.74) is 0. The van der Waals surface area contributed by atoms with Gasteiger partial charge in [-0.2, -0.15) is 26.3 Å². The Labute approximate surface area is 92.6 Å². The van der Waals surface area contributed by atoms with Crippen molar-refractivity contribution in [3.8, 4) is 0 Å². The van der Waals surface area contributed by atoms with Crippen LogP contribution in [-0.2, 0) is 4.79 Å². The zero-order chi connectivity index (χ0) is 13.4. The predicted octanol–water partition coefficient (Wildman–Crippen LogP) is 3.23. The van der Waals surface area contributed by atoms with Gasteiger partial charge in [-0.1, -0.05) is 0 Å². The second-order valence-electron chi connectivity index (χ2n) is 4.14. The molecule has 3 atom stereocenters. The Morgan fingerprint density at radius 2 is 1.53 bits per heavy atom. The molecular formula is C9H10F6O2. The number of halogens is 6.